The maximum Gasteiger partial charge on any atom is 0.390 e. The van der Waals surface area contributed by atoms with Crippen LogP contribution in [0.4, 0.5) is 13.2 Å². The van der Waals surface area contributed by atoms with Gasteiger partial charge in [0.15, 0.2) is 0 Å². The second-order valence-electron chi connectivity index (χ2n) is 5.47. The van der Waals surface area contributed by atoms with Crippen molar-refractivity contribution in [3.63, 3.8) is 0 Å². The van der Waals surface area contributed by atoms with E-state index >= 15 is 0 Å². The lowest BCUT2D eigenvalue weighted by molar-refractivity contribution is -0.139. The van der Waals surface area contributed by atoms with Crippen molar-refractivity contribution in [1.82, 2.24) is 5.32 Å². The molecule has 0 spiro atoms. The Morgan fingerprint density at radius 3 is 2.00 bits per heavy atom. The summed E-state index contributed by atoms with van der Waals surface area (Å²) in [5.74, 6) is 2.26. The number of rotatable bonds is 6. The maximum atomic E-state index is 12.1. The van der Waals surface area contributed by atoms with Gasteiger partial charge in [-0.05, 0) is 56.9 Å². The summed E-state index contributed by atoms with van der Waals surface area (Å²) in [5, 5.41) is 3.06. The van der Waals surface area contributed by atoms with Gasteiger partial charge in [0, 0.05) is 6.04 Å². The molecule has 1 atom stereocenters. The summed E-state index contributed by atoms with van der Waals surface area (Å²) >= 11 is 0. The first-order valence-electron chi connectivity index (χ1n) is 6.26. The van der Waals surface area contributed by atoms with E-state index in [9.17, 15) is 13.2 Å². The van der Waals surface area contributed by atoms with E-state index in [4.69, 9.17) is 0 Å². The molecule has 0 aromatic rings. The fraction of sp³-hybridized carbons (Fsp3) is 1.00. The van der Waals surface area contributed by atoms with Crippen molar-refractivity contribution in [3.8, 4) is 0 Å². The van der Waals surface area contributed by atoms with Crippen LogP contribution < -0.4 is 5.32 Å². The van der Waals surface area contributed by atoms with Gasteiger partial charge in [0.05, 0.1) is 6.42 Å². The van der Waals surface area contributed by atoms with Crippen LogP contribution in [0.3, 0.4) is 0 Å². The van der Waals surface area contributed by atoms with Gasteiger partial charge >= 0.3 is 6.18 Å². The molecule has 0 saturated heterocycles. The van der Waals surface area contributed by atoms with Gasteiger partial charge in [-0.15, -0.1) is 0 Å². The lowest BCUT2D eigenvalue weighted by atomic mass is 9.97. The Bertz CT molecular complexity index is 219. The highest BCUT2D eigenvalue weighted by molar-refractivity contribution is 4.92. The van der Waals surface area contributed by atoms with Crippen LogP contribution in [0.15, 0.2) is 0 Å². The van der Waals surface area contributed by atoms with E-state index in [0.717, 1.165) is 18.4 Å². The van der Waals surface area contributed by atoms with Crippen molar-refractivity contribution in [2.45, 2.75) is 51.2 Å². The Morgan fingerprint density at radius 2 is 1.62 bits per heavy atom. The van der Waals surface area contributed by atoms with E-state index in [-0.39, 0.29) is 0 Å². The lowest BCUT2D eigenvalue weighted by Crippen LogP contribution is -2.35. The molecule has 2 rings (SSSR count). The summed E-state index contributed by atoms with van der Waals surface area (Å²) in [7, 11) is 0. The van der Waals surface area contributed by atoms with E-state index in [1.807, 2.05) is 0 Å². The summed E-state index contributed by atoms with van der Waals surface area (Å²) in [4.78, 5) is 0. The Morgan fingerprint density at radius 1 is 1.12 bits per heavy atom. The van der Waals surface area contributed by atoms with Gasteiger partial charge in [0.2, 0.25) is 0 Å². The van der Waals surface area contributed by atoms with Crippen LogP contribution in [-0.2, 0) is 0 Å². The molecule has 0 amide bonds. The molecule has 0 aromatic heterocycles. The van der Waals surface area contributed by atoms with Gasteiger partial charge in [-0.25, -0.2) is 0 Å². The quantitative estimate of drug-likeness (QED) is 0.744. The van der Waals surface area contributed by atoms with Gasteiger partial charge < -0.3 is 5.32 Å². The average molecular weight is 235 g/mol. The summed E-state index contributed by atoms with van der Waals surface area (Å²) in [6, 6.07) is -0.444. The molecule has 2 saturated carbocycles. The molecule has 2 fully saturated rings. The van der Waals surface area contributed by atoms with Crippen LogP contribution in [0, 0.1) is 17.8 Å². The Balaban J connectivity index is 1.68. The third kappa shape index (κ3) is 3.96. The number of hydrogen-bond acceptors (Lipinski definition) is 1. The molecular weight excluding hydrogens is 215 g/mol. The molecule has 2 aliphatic carbocycles. The summed E-state index contributed by atoms with van der Waals surface area (Å²) in [6.45, 7) is 2.41. The molecule has 0 heterocycles. The number of hydrogen-bond donors (Lipinski definition) is 1. The zero-order valence-corrected chi connectivity index (χ0v) is 9.69. The lowest BCUT2D eigenvalue weighted by Gasteiger charge is -2.21. The van der Waals surface area contributed by atoms with Crippen LogP contribution in [-0.4, -0.2) is 18.8 Å². The standard InChI is InChI=1S/C12H20F3N/c1-8(6-12(13,14)15)16-7-11(9-2-3-9)10-4-5-10/h8-11,16H,2-7H2,1H3. The average Bonchev–Trinajstić information content (AvgIpc) is 2.97. The van der Waals surface area contributed by atoms with E-state index in [1.54, 1.807) is 6.92 Å². The van der Waals surface area contributed by atoms with Gasteiger partial charge in [-0.1, -0.05) is 0 Å². The minimum Gasteiger partial charge on any atom is -0.314 e. The molecule has 1 unspecified atom stereocenters. The van der Waals surface area contributed by atoms with Crippen LogP contribution in [0.1, 0.15) is 39.0 Å². The van der Waals surface area contributed by atoms with Gasteiger partial charge in [-0.2, -0.15) is 13.2 Å². The first kappa shape index (κ1) is 12.2. The molecule has 1 nitrogen and oxygen atoms in total. The smallest absolute Gasteiger partial charge is 0.314 e. The molecule has 0 radical (unpaired) electrons. The van der Waals surface area contributed by atoms with Crippen LogP contribution >= 0.6 is 0 Å². The molecule has 4 heteroatoms. The fourth-order valence-electron chi connectivity index (χ4n) is 2.52. The molecule has 1 N–H and O–H groups in total. The highest BCUT2D eigenvalue weighted by Crippen LogP contribution is 2.48. The highest BCUT2D eigenvalue weighted by atomic mass is 19.4. The molecule has 94 valence electrons. The first-order chi connectivity index (χ1) is 7.46. The maximum absolute atomic E-state index is 12.1. The summed E-state index contributed by atoms with van der Waals surface area (Å²) in [5.41, 5.74) is 0. The van der Waals surface area contributed by atoms with Crippen molar-refractivity contribution >= 4 is 0 Å². The molecule has 16 heavy (non-hydrogen) atoms. The predicted octanol–water partition coefficient (Wildman–Crippen LogP) is 3.35. The third-order valence-electron chi connectivity index (χ3n) is 3.69. The molecule has 0 aliphatic heterocycles. The largest absolute Gasteiger partial charge is 0.390 e. The van der Waals surface area contributed by atoms with Crippen molar-refractivity contribution in [1.29, 1.82) is 0 Å². The zero-order chi connectivity index (χ0) is 11.8. The van der Waals surface area contributed by atoms with E-state index in [1.165, 1.54) is 25.7 Å². The minimum absolute atomic E-state index is 0.444. The topological polar surface area (TPSA) is 12.0 Å². The van der Waals surface area contributed by atoms with E-state index < -0.39 is 18.6 Å². The first-order valence-corrected chi connectivity index (χ1v) is 6.26. The van der Waals surface area contributed by atoms with Crippen molar-refractivity contribution < 1.29 is 13.2 Å². The highest BCUT2D eigenvalue weighted by Gasteiger charge is 2.41. The minimum atomic E-state index is -4.04. The number of alkyl halides is 3. The van der Waals surface area contributed by atoms with Crippen LogP contribution in [0.25, 0.3) is 0 Å². The van der Waals surface area contributed by atoms with Crippen molar-refractivity contribution in [3.05, 3.63) is 0 Å². The third-order valence-corrected chi connectivity index (χ3v) is 3.69. The van der Waals surface area contributed by atoms with Crippen LogP contribution in [0.5, 0.6) is 0 Å². The summed E-state index contributed by atoms with van der Waals surface area (Å²) < 4.78 is 36.4. The van der Waals surface area contributed by atoms with Gasteiger partial charge in [0.1, 0.15) is 0 Å². The second kappa shape index (κ2) is 4.55. The Labute approximate surface area is 94.8 Å². The second-order valence-corrected chi connectivity index (χ2v) is 5.47. The van der Waals surface area contributed by atoms with E-state index in [0.29, 0.717) is 5.92 Å². The Hall–Kier alpha value is -0.250. The Kier molecular flexibility index (Phi) is 3.48. The predicted molar refractivity (Wildman–Crippen MR) is 57.1 cm³/mol. The van der Waals surface area contributed by atoms with Crippen molar-refractivity contribution in [2.24, 2.45) is 17.8 Å². The number of halogens is 3. The molecule has 2 aliphatic rings. The fourth-order valence-corrected chi connectivity index (χ4v) is 2.52. The normalized spacial score (nSPS) is 23.8. The molecule has 0 aromatic carbocycles. The molecule has 0 bridgehead atoms. The zero-order valence-electron chi connectivity index (χ0n) is 9.69. The SMILES string of the molecule is CC(CC(F)(F)F)NCC(C1CC1)C1CC1. The van der Waals surface area contributed by atoms with Gasteiger partial charge in [-0.3, -0.25) is 0 Å². The monoisotopic (exact) mass is 235 g/mol. The summed E-state index contributed by atoms with van der Waals surface area (Å²) in [6.07, 6.45) is 0.399. The van der Waals surface area contributed by atoms with Crippen LogP contribution in [0.2, 0.25) is 0 Å². The number of nitrogens with one attached hydrogen (secondary N) is 1. The van der Waals surface area contributed by atoms with Crippen molar-refractivity contribution in [2.75, 3.05) is 6.54 Å². The van der Waals surface area contributed by atoms with E-state index in [2.05, 4.69) is 5.32 Å². The molecular formula is C12H20F3N. The van der Waals surface area contributed by atoms with Gasteiger partial charge in [0.25, 0.3) is 0 Å².